The van der Waals surface area contributed by atoms with Crippen molar-refractivity contribution in [3.05, 3.63) is 42.0 Å². The Bertz CT molecular complexity index is 998. The van der Waals surface area contributed by atoms with Crippen molar-refractivity contribution in [2.45, 2.75) is 19.5 Å². The summed E-state index contributed by atoms with van der Waals surface area (Å²) in [5.74, 6) is 0.659. The van der Waals surface area contributed by atoms with Crippen molar-refractivity contribution < 1.29 is 14.6 Å². The minimum atomic E-state index is -0.266. The van der Waals surface area contributed by atoms with Crippen molar-refractivity contribution >= 4 is 27.5 Å². The first-order valence-corrected chi connectivity index (χ1v) is 10.1. The normalized spacial score (nSPS) is 15.5. The Balaban J connectivity index is 1.70. The van der Waals surface area contributed by atoms with Gasteiger partial charge in [0.2, 0.25) is 5.91 Å². The number of nitrogens with zero attached hydrogens (tertiary/aromatic N) is 3. The molecular formula is C21H23N3O3S. The second kappa shape index (κ2) is 7.41. The Hall–Kier alpha value is -2.64. The Morgan fingerprint density at radius 2 is 2.11 bits per heavy atom. The summed E-state index contributed by atoms with van der Waals surface area (Å²) in [7, 11) is 3.52. The van der Waals surface area contributed by atoms with Crippen molar-refractivity contribution in [1.29, 1.82) is 0 Å². The zero-order valence-corrected chi connectivity index (χ0v) is 17.0. The number of carbonyl (C=O) groups is 1. The molecule has 6 nitrogen and oxygen atoms in total. The average molecular weight is 398 g/mol. The number of aromatic hydroxyl groups is 1. The van der Waals surface area contributed by atoms with Crippen LogP contribution in [0, 0.1) is 0 Å². The van der Waals surface area contributed by atoms with E-state index in [2.05, 4.69) is 4.90 Å². The van der Waals surface area contributed by atoms with Gasteiger partial charge in [0.1, 0.15) is 11.6 Å². The second-order valence-electron chi connectivity index (χ2n) is 7.20. The van der Waals surface area contributed by atoms with Crippen LogP contribution >= 0.6 is 11.3 Å². The van der Waals surface area contributed by atoms with Crippen molar-refractivity contribution in [3.8, 4) is 22.1 Å². The number of hydrogen-bond donors (Lipinski definition) is 1. The number of benzene rings is 2. The molecule has 1 amide bonds. The van der Waals surface area contributed by atoms with Gasteiger partial charge in [-0.3, -0.25) is 9.69 Å². The van der Waals surface area contributed by atoms with E-state index in [9.17, 15) is 9.90 Å². The van der Waals surface area contributed by atoms with Gasteiger partial charge in [-0.2, -0.15) is 0 Å². The number of phenols is 1. The highest BCUT2D eigenvalue weighted by atomic mass is 32.1. The lowest BCUT2D eigenvalue weighted by Crippen LogP contribution is -2.45. The monoisotopic (exact) mass is 397 g/mol. The minimum absolute atomic E-state index is 0.0509. The van der Waals surface area contributed by atoms with Crippen LogP contribution in [0.4, 0.5) is 0 Å². The van der Waals surface area contributed by atoms with Gasteiger partial charge < -0.3 is 14.7 Å². The van der Waals surface area contributed by atoms with E-state index < -0.39 is 0 Å². The third-order valence-electron chi connectivity index (χ3n) is 5.03. The summed E-state index contributed by atoms with van der Waals surface area (Å²) in [4.78, 5) is 20.8. The molecule has 0 radical (unpaired) electrons. The Labute approximate surface area is 168 Å². The van der Waals surface area contributed by atoms with Crippen LogP contribution in [0.15, 0.2) is 36.4 Å². The maximum absolute atomic E-state index is 12.4. The quantitative estimate of drug-likeness (QED) is 0.734. The van der Waals surface area contributed by atoms with Crippen LogP contribution in [0.5, 0.6) is 11.5 Å². The maximum Gasteiger partial charge on any atom is 0.239 e. The van der Waals surface area contributed by atoms with Crippen LogP contribution in [-0.2, 0) is 11.3 Å². The molecule has 2 heterocycles. The summed E-state index contributed by atoms with van der Waals surface area (Å²) in [5, 5.41) is 11.4. The van der Waals surface area contributed by atoms with Gasteiger partial charge in [0.25, 0.3) is 0 Å². The predicted octanol–water partition coefficient (Wildman–Crippen LogP) is 3.34. The number of amides is 1. The van der Waals surface area contributed by atoms with E-state index in [1.807, 2.05) is 37.3 Å². The molecule has 146 valence electrons. The van der Waals surface area contributed by atoms with Gasteiger partial charge in [0.05, 0.1) is 16.3 Å². The van der Waals surface area contributed by atoms with E-state index in [0.29, 0.717) is 25.4 Å². The SMILES string of the molecule is C[C@@H](C(=O)N(C)C)N1CCOc2c(O)cc(-c3nc4ccccc4s3)cc2C1. The zero-order chi connectivity index (χ0) is 19.8. The van der Waals surface area contributed by atoms with Crippen molar-refractivity contribution in [2.24, 2.45) is 0 Å². The third kappa shape index (κ3) is 3.43. The summed E-state index contributed by atoms with van der Waals surface area (Å²) in [5.41, 5.74) is 2.67. The number of carbonyl (C=O) groups excluding carboxylic acids is 1. The molecule has 0 unspecified atom stereocenters. The number of hydrogen-bond acceptors (Lipinski definition) is 6. The van der Waals surface area contributed by atoms with Gasteiger partial charge in [-0.15, -0.1) is 11.3 Å². The highest BCUT2D eigenvalue weighted by molar-refractivity contribution is 7.21. The smallest absolute Gasteiger partial charge is 0.239 e. The zero-order valence-electron chi connectivity index (χ0n) is 16.2. The number of likely N-dealkylation sites (N-methyl/N-ethyl adjacent to an activating group) is 1. The lowest BCUT2D eigenvalue weighted by atomic mass is 10.1. The molecule has 0 fully saturated rings. The van der Waals surface area contributed by atoms with Crippen LogP contribution in [0.2, 0.25) is 0 Å². The van der Waals surface area contributed by atoms with Gasteiger partial charge in [0, 0.05) is 38.3 Å². The number of ether oxygens (including phenoxy) is 1. The van der Waals surface area contributed by atoms with E-state index in [0.717, 1.165) is 26.4 Å². The molecule has 7 heteroatoms. The number of fused-ring (bicyclic) bond motifs is 2. The molecule has 1 aromatic heterocycles. The fourth-order valence-corrected chi connectivity index (χ4v) is 4.45. The second-order valence-corrected chi connectivity index (χ2v) is 8.23. The molecule has 0 saturated carbocycles. The lowest BCUT2D eigenvalue weighted by molar-refractivity contribution is -0.134. The maximum atomic E-state index is 12.4. The molecule has 0 saturated heterocycles. The minimum Gasteiger partial charge on any atom is -0.504 e. The fraction of sp³-hybridized carbons (Fsp3) is 0.333. The standard InChI is InChI=1S/C21H23N3O3S/c1-13(21(26)23(2)3)24-8-9-27-19-15(12-24)10-14(11-17(19)25)20-22-16-6-4-5-7-18(16)28-20/h4-7,10-11,13,25H,8-9,12H2,1-3H3/t13-/m0/s1. The third-order valence-corrected chi connectivity index (χ3v) is 6.12. The van der Waals surface area contributed by atoms with Crippen molar-refractivity contribution in [3.63, 3.8) is 0 Å². The van der Waals surface area contributed by atoms with Crippen molar-refractivity contribution in [2.75, 3.05) is 27.2 Å². The first kappa shape index (κ1) is 18.7. The van der Waals surface area contributed by atoms with E-state index >= 15 is 0 Å². The van der Waals surface area contributed by atoms with Gasteiger partial charge in [-0.25, -0.2) is 4.98 Å². The van der Waals surface area contributed by atoms with Gasteiger partial charge in [-0.05, 0) is 31.2 Å². The van der Waals surface area contributed by atoms with E-state index in [-0.39, 0.29) is 17.7 Å². The topological polar surface area (TPSA) is 65.9 Å². The fourth-order valence-electron chi connectivity index (χ4n) is 3.50. The van der Waals surface area contributed by atoms with Crippen LogP contribution in [0.3, 0.4) is 0 Å². The Morgan fingerprint density at radius 1 is 1.32 bits per heavy atom. The summed E-state index contributed by atoms with van der Waals surface area (Å²) in [6.45, 7) is 3.48. The molecule has 1 N–H and O–H groups in total. The van der Waals surface area contributed by atoms with Gasteiger partial charge >= 0.3 is 0 Å². The molecule has 1 aliphatic heterocycles. The number of aromatic nitrogens is 1. The highest BCUT2D eigenvalue weighted by Gasteiger charge is 2.27. The number of para-hydroxylation sites is 1. The van der Waals surface area contributed by atoms with Crippen LogP contribution in [0.1, 0.15) is 12.5 Å². The molecule has 4 rings (SSSR count). The predicted molar refractivity (Wildman–Crippen MR) is 111 cm³/mol. The molecule has 0 bridgehead atoms. The van der Waals surface area contributed by atoms with Gasteiger partial charge in [0.15, 0.2) is 11.5 Å². The van der Waals surface area contributed by atoms with Crippen LogP contribution in [-0.4, -0.2) is 59.1 Å². The average Bonchev–Trinajstić information content (AvgIpc) is 2.99. The Morgan fingerprint density at radius 3 is 2.86 bits per heavy atom. The molecule has 3 aromatic rings. The van der Waals surface area contributed by atoms with E-state index in [1.54, 1.807) is 36.4 Å². The van der Waals surface area contributed by atoms with Crippen LogP contribution < -0.4 is 4.74 Å². The van der Waals surface area contributed by atoms with E-state index in [4.69, 9.17) is 9.72 Å². The molecule has 1 atom stereocenters. The van der Waals surface area contributed by atoms with E-state index in [1.165, 1.54) is 0 Å². The highest BCUT2D eigenvalue weighted by Crippen LogP contribution is 2.39. The molecule has 0 spiro atoms. The van der Waals surface area contributed by atoms with Gasteiger partial charge in [-0.1, -0.05) is 12.1 Å². The largest absolute Gasteiger partial charge is 0.504 e. The Kier molecular flexibility index (Phi) is 4.95. The molecule has 1 aliphatic rings. The first-order chi connectivity index (χ1) is 13.4. The summed E-state index contributed by atoms with van der Waals surface area (Å²) >= 11 is 1.59. The summed E-state index contributed by atoms with van der Waals surface area (Å²) < 4.78 is 6.92. The lowest BCUT2D eigenvalue weighted by Gasteiger charge is -2.28. The number of thiazole rings is 1. The number of rotatable bonds is 3. The molecule has 0 aliphatic carbocycles. The molecule has 2 aromatic carbocycles. The van der Waals surface area contributed by atoms with Crippen molar-refractivity contribution in [1.82, 2.24) is 14.8 Å². The molecular weight excluding hydrogens is 374 g/mol. The first-order valence-electron chi connectivity index (χ1n) is 9.24. The van der Waals surface area contributed by atoms with Crippen LogP contribution in [0.25, 0.3) is 20.8 Å². The summed E-state index contributed by atoms with van der Waals surface area (Å²) in [6, 6.07) is 11.4. The molecule has 28 heavy (non-hydrogen) atoms. The number of phenolic OH excluding ortho intramolecular Hbond substituents is 1. The summed E-state index contributed by atoms with van der Waals surface area (Å²) in [6.07, 6.45) is 0.